The topological polar surface area (TPSA) is 108 Å². The first kappa shape index (κ1) is 19.9. The fourth-order valence-electron chi connectivity index (χ4n) is 2.81. The van der Waals surface area contributed by atoms with E-state index in [1.165, 1.54) is 55.7 Å². The van der Waals surface area contributed by atoms with Crippen molar-refractivity contribution in [2.45, 2.75) is 13.1 Å². The van der Waals surface area contributed by atoms with Gasteiger partial charge in [-0.2, -0.15) is 0 Å². The minimum atomic E-state index is -0.576. The first-order valence-corrected chi connectivity index (χ1v) is 8.50. The fraction of sp³-hybridized carbons (Fsp3) is 0.211. The second-order valence-electron chi connectivity index (χ2n) is 6.35. The molecule has 0 fully saturated rings. The number of hydrogen-bond acceptors (Lipinski definition) is 6. The Morgan fingerprint density at radius 2 is 2.07 bits per heavy atom. The van der Waals surface area contributed by atoms with Crippen molar-refractivity contribution in [1.82, 2.24) is 14.5 Å². The van der Waals surface area contributed by atoms with Gasteiger partial charge in [0.2, 0.25) is 5.91 Å². The van der Waals surface area contributed by atoms with Crippen molar-refractivity contribution in [3.8, 4) is 5.75 Å². The number of rotatable bonds is 6. The highest BCUT2D eigenvalue weighted by Crippen LogP contribution is 2.19. The van der Waals surface area contributed by atoms with Crippen LogP contribution in [-0.4, -0.2) is 39.4 Å². The van der Waals surface area contributed by atoms with Gasteiger partial charge in [0.25, 0.3) is 11.2 Å². The van der Waals surface area contributed by atoms with Crippen LogP contribution in [0.25, 0.3) is 10.9 Å². The van der Waals surface area contributed by atoms with E-state index in [1.807, 2.05) is 0 Å². The lowest BCUT2D eigenvalue weighted by Crippen LogP contribution is -2.33. The molecule has 0 spiro atoms. The van der Waals surface area contributed by atoms with Gasteiger partial charge in [0.1, 0.15) is 6.54 Å². The van der Waals surface area contributed by atoms with Gasteiger partial charge in [-0.25, -0.2) is 9.37 Å². The van der Waals surface area contributed by atoms with Gasteiger partial charge in [-0.05, 0) is 23.8 Å². The van der Waals surface area contributed by atoms with E-state index in [1.54, 1.807) is 6.07 Å². The van der Waals surface area contributed by atoms with Crippen molar-refractivity contribution in [3.05, 3.63) is 74.6 Å². The number of amides is 1. The first-order chi connectivity index (χ1) is 13.8. The highest BCUT2D eigenvalue weighted by molar-refractivity contribution is 5.80. The van der Waals surface area contributed by atoms with Crippen LogP contribution in [0.3, 0.4) is 0 Å². The Morgan fingerprint density at radius 1 is 1.31 bits per heavy atom. The molecule has 0 aliphatic carbocycles. The number of fused-ring (bicyclic) bond motifs is 1. The van der Waals surface area contributed by atoms with E-state index in [0.717, 1.165) is 4.57 Å². The molecule has 3 rings (SSSR count). The minimum Gasteiger partial charge on any atom is -0.494 e. The fourth-order valence-corrected chi connectivity index (χ4v) is 2.81. The van der Waals surface area contributed by atoms with Gasteiger partial charge in [0.05, 0.1) is 29.3 Å². The van der Waals surface area contributed by atoms with Crippen LogP contribution in [0.5, 0.6) is 5.75 Å². The molecule has 10 heteroatoms. The molecule has 0 saturated heterocycles. The number of carbonyl (C=O) groups excluding carboxylic acids is 1. The molecule has 1 amide bonds. The Labute approximate surface area is 164 Å². The summed E-state index contributed by atoms with van der Waals surface area (Å²) in [6, 6.07) is 8.12. The molecular weight excluding hydrogens is 383 g/mol. The Balaban J connectivity index is 1.77. The van der Waals surface area contributed by atoms with E-state index in [9.17, 15) is 24.1 Å². The van der Waals surface area contributed by atoms with Crippen molar-refractivity contribution in [3.63, 3.8) is 0 Å². The summed E-state index contributed by atoms with van der Waals surface area (Å²) in [5.41, 5.74) is 0.0808. The predicted octanol–water partition coefficient (Wildman–Crippen LogP) is 2.11. The van der Waals surface area contributed by atoms with Crippen LogP contribution in [0.2, 0.25) is 0 Å². The zero-order chi connectivity index (χ0) is 21.1. The smallest absolute Gasteiger partial charge is 0.271 e. The summed E-state index contributed by atoms with van der Waals surface area (Å²) >= 11 is 0. The molecule has 0 bridgehead atoms. The third-order valence-electron chi connectivity index (χ3n) is 4.39. The quantitative estimate of drug-likeness (QED) is 0.463. The highest BCUT2D eigenvalue weighted by Gasteiger charge is 2.15. The number of non-ortho nitro benzene ring substituents is 1. The lowest BCUT2D eigenvalue weighted by molar-refractivity contribution is -0.384. The summed E-state index contributed by atoms with van der Waals surface area (Å²) in [5.74, 6) is -0.807. The molecule has 150 valence electrons. The van der Waals surface area contributed by atoms with Crippen molar-refractivity contribution < 1.29 is 18.8 Å². The van der Waals surface area contributed by atoms with Crippen molar-refractivity contribution >= 4 is 22.5 Å². The number of halogens is 1. The minimum absolute atomic E-state index is 0.108. The predicted molar refractivity (Wildman–Crippen MR) is 102 cm³/mol. The zero-order valence-corrected chi connectivity index (χ0v) is 15.7. The number of aromatic nitrogens is 2. The largest absolute Gasteiger partial charge is 0.494 e. The van der Waals surface area contributed by atoms with Gasteiger partial charge < -0.3 is 9.64 Å². The highest BCUT2D eigenvalue weighted by atomic mass is 19.1. The van der Waals surface area contributed by atoms with Crippen LogP contribution in [0.1, 0.15) is 5.56 Å². The molecule has 3 aromatic rings. The van der Waals surface area contributed by atoms with Crippen LogP contribution in [-0.2, 0) is 17.9 Å². The first-order valence-electron chi connectivity index (χ1n) is 8.50. The summed E-state index contributed by atoms with van der Waals surface area (Å²) in [6.07, 6.45) is 1.17. The van der Waals surface area contributed by atoms with E-state index in [-0.39, 0.29) is 41.3 Å². The lowest BCUT2D eigenvalue weighted by atomic mass is 10.2. The Hall–Kier alpha value is -3.82. The molecule has 2 aromatic carbocycles. The van der Waals surface area contributed by atoms with E-state index in [2.05, 4.69) is 4.98 Å². The van der Waals surface area contributed by atoms with Crippen molar-refractivity contribution in [2.75, 3.05) is 14.2 Å². The van der Waals surface area contributed by atoms with Gasteiger partial charge in [0.15, 0.2) is 11.6 Å². The van der Waals surface area contributed by atoms with E-state index >= 15 is 0 Å². The van der Waals surface area contributed by atoms with Gasteiger partial charge in [0, 0.05) is 25.7 Å². The number of nitrogens with zero attached hydrogens (tertiary/aromatic N) is 4. The van der Waals surface area contributed by atoms with Gasteiger partial charge in [-0.3, -0.25) is 24.3 Å². The SMILES string of the molecule is COc1ccc(CN(C)C(=O)Cn2cnc3cc([N+](=O)[O-])ccc3c2=O)cc1F. The Bertz CT molecular complexity index is 1160. The van der Waals surface area contributed by atoms with Crippen molar-refractivity contribution in [1.29, 1.82) is 0 Å². The molecule has 0 atom stereocenters. The van der Waals surface area contributed by atoms with Crippen molar-refractivity contribution in [2.24, 2.45) is 0 Å². The van der Waals surface area contributed by atoms with Crippen LogP contribution in [0.15, 0.2) is 47.5 Å². The van der Waals surface area contributed by atoms with E-state index in [0.29, 0.717) is 5.56 Å². The maximum atomic E-state index is 13.8. The normalized spacial score (nSPS) is 10.7. The van der Waals surface area contributed by atoms with Gasteiger partial charge in [-0.1, -0.05) is 6.07 Å². The molecule has 1 aromatic heterocycles. The third-order valence-corrected chi connectivity index (χ3v) is 4.39. The van der Waals surface area contributed by atoms with E-state index < -0.39 is 16.3 Å². The van der Waals surface area contributed by atoms with Crippen LogP contribution >= 0.6 is 0 Å². The third kappa shape index (κ3) is 4.21. The van der Waals surface area contributed by atoms with Gasteiger partial charge >= 0.3 is 0 Å². The lowest BCUT2D eigenvalue weighted by Gasteiger charge is -2.18. The number of benzene rings is 2. The van der Waals surface area contributed by atoms with Crippen LogP contribution in [0.4, 0.5) is 10.1 Å². The monoisotopic (exact) mass is 400 g/mol. The molecule has 0 unspecified atom stereocenters. The Kier molecular flexibility index (Phi) is 5.53. The molecule has 0 aliphatic heterocycles. The summed E-state index contributed by atoms with van der Waals surface area (Å²) in [5, 5.41) is 11.0. The number of nitro groups is 1. The Morgan fingerprint density at radius 3 is 2.72 bits per heavy atom. The molecular formula is C19H17FN4O5. The molecule has 1 heterocycles. The maximum Gasteiger partial charge on any atom is 0.271 e. The average molecular weight is 400 g/mol. The summed E-state index contributed by atoms with van der Waals surface area (Å²) < 4.78 is 19.8. The maximum absolute atomic E-state index is 13.8. The van der Waals surface area contributed by atoms with Crippen LogP contribution in [0, 0.1) is 15.9 Å². The number of ether oxygens (including phenoxy) is 1. The molecule has 0 aliphatic rings. The van der Waals surface area contributed by atoms with E-state index in [4.69, 9.17) is 4.74 Å². The second kappa shape index (κ2) is 8.05. The molecule has 9 nitrogen and oxygen atoms in total. The average Bonchev–Trinajstić information content (AvgIpc) is 2.69. The van der Waals surface area contributed by atoms with Crippen LogP contribution < -0.4 is 10.3 Å². The summed E-state index contributed by atoms with van der Waals surface area (Å²) in [6.45, 7) is -0.129. The number of likely N-dealkylation sites (N-methyl/N-ethyl adjacent to an activating group) is 1. The molecule has 0 radical (unpaired) electrons. The summed E-state index contributed by atoms with van der Waals surface area (Å²) in [7, 11) is 2.90. The second-order valence-corrected chi connectivity index (χ2v) is 6.35. The number of nitro benzene ring substituents is 1. The standard InChI is InChI=1S/C19H17FN4O5/c1-22(9-12-3-6-17(29-2)15(20)7-12)18(25)10-23-11-21-16-8-13(24(27)28)4-5-14(16)19(23)26/h3-8,11H,9-10H2,1-2H3. The molecule has 0 saturated carbocycles. The number of methoxy groups -OCH3 is 1. The number of hydrogen-bond donors (Lipinski definition) is 0. The zero-order valence-electron chi connectivity index (χ0n) is 15.7. The number of carbonyl (C=O) groups is 1. The molecule has 0 N–H and O–H groups in total. The van der Waals surface area contributed by atoms with Gasteiger partial charge in [-0.15, -0.1) is 0 Å². The summed E-state index contributed by atoms with van der Waals surface area (Å²) in [4.78, 5) is 40.7. The molecule has 29 heavy (non-hydrogen) atoms.